The molecule has 4 rings (SSSR count). The summed E-state index contributed by atoms with van der Waals surface area (Å²) in [5, 5.41) is 0. The van der Waals surface area contributed by atoms with E-state index in [1.54, 1.807) is 24.9 Å². The average Bonchev–Trinajstić information content (AvgIpc) is 2.73. The molecule has 1 saturated heterocycles. The molecular weight excluding hydrogens is 341 g/mol. The van der Waals surface area contributed by atoms with Gasteiger partial charge in [0.2, 0.25) is 0 Å². The molecule has 3 nitrogen and oxygen atoms in total. The fourth-order valence-corrected chi connectivity index (χ4v) is 4.23. The van der Waals surface area contributed by atoms with Crippen LogP contribution in [0.1, 0.15) is 43.6 Å². The van der Waals surface area contributed by atoms with E-state index in [4.69, 9.17) is 9.47 Å². The summed E-state index contributed by atoms with van der Waals surface area (Å²) in [4.78, 5) is 2.48. The highest BCUT2D eigenvalue weighted by molar-refractivity contribution is 5.24. The minimum absolute atomic E-state index is 0.143. The predicted octanol–water partition coefficient (Wildman–Crippen LogP) is 5.40. The number of nitrogens with zero attached hydrogens (tertiary/aromatic N) is 1. The Morgan fingerprint density at radius 1 is 1.26 bits per heavy atom. The van der Waals surface area contributed by atoms with Gasteiger partial charge in [-0.25, -0.2) is 4.39 Å². The molecule has 2 unspecified atom stereocenters. The van der Waals surface area contributed by atoms with E-state index < -0.39 is 0 Å². The average molecular weight is 367 g/mol. The highest BCUT2D eigenvalue weighted by Crippen LogP contribution is 2.33. The number of hydrogen-bond acceptors (Lipinski definition) is 3. The summed E-state index contributed by atoms with van der Waals surface area (Å²) in [6, 6.07) is 7.19. The highest BCUT2D eigenvalue weighted by Gasteiger charge is 2.31. The molecule has 0 saturated carbocycles. The van der Waals surface area contributed by atoms with Crippen molar-refractivity contribution >= 4 is 0 Å². The van der Waals surface area contributed by atoms with Crippen molar-refractivity contribution in [1.82, 2.24) is 4.90 Å². The summed E-state index contributed by atoms with van der Waals surface area (Å²) < 4.78 is 24.9. The smallest absolute Gasteiger partial charge is 0.156 e. The van der Waals surface area contributed by atoms with Crippen LogP contribution in [0.15, 0.2) is 72.6 Å². The first-order valence-corrected chi connectivity index (χ1v) is 9.81. The first-order chi connectivity index (χ1) is 13.3. The summed E-state index contributed by atoms with van der Waals surface area (Å²) in [7, 11) is 0. The number of benzene rings is 1. The van der Waals surface area contributed by atoms with Crippen molar-refractivity contribution in [1.29, 1.82) is 0 Å². The number of allylic oxidation sites excluding steroid dienone is 3. The lowest BCUT2D eigenvalue weighted by Gasteiger charge is -2.39. The van der Waals surface area contributed by atoms with E-state index in [-0.39, 0.29) is 11.9 Å². The molecule has 3 aliphatic rings. The second kappa shape index (κ2) is 8.57. The van der Waals surface area contributed by atoms with E-state index in [1.165, 1.54) is 11.6 Å². The number of ether oxygens (including phenoxy) is 2. The number of likely N-dealkylation sites (tertiary alicyclic amines) is 1. The molecule has 142 valence electrons. The van der Waals surface area contributed by atoms with Gasteiger partial charge in [-0.2, -0.15) is 0 Å². The van der Waals surface area contributed by atoms with Crippen molar-refractivity contribution in [2.24, 2.45) is 0 Å². The van der Waals surface area contributed by atoms with Gasteiger partial charge in [0.05, 0.1) is 6.04 Å². The zero-order valence-electron chi connectivity index (χ0n) is 15.5. The van der Waals surface area contributed by atoms with E-state index in [0.717, 1.165) is 56.5 Å². The zero-order chi connectivity index (χ0) is 18.5. The lowest BCUT2D eigenvalue weighted by atomic mass is 9.88. The van der Waals surface area contributed by atoms with Gasteiger partial charge in [-0.1, -0.05) is 35.9 Å². The van der Waals surface area contributed by atoms with Crippen LogP contribution in [-0.4, -0.2) is 24.0 Å². The molecule has 27 heavy (non-hydrogen) atoms. The third-order valence-corrected chi connectivity index (χ3v) is 5.62. The number of halogens is 1. The van der Waals surface area contributed by atoms with Crippen LogP contribution in [0.2, 0.25) is 0 Å². The lowest BCUT2D eigenvalue weighted by molar-refractivity contribution is 0.115. The second-order valence-electron chi connectivity index (χ2n) is 7.45. The first kappa shape index (κ1) is 18.1. The third kappa shape index (κ3) is 4.51. The van der Waals surface area contributed by atoms with Gasteiger partial charge in [-0.05, 0) is 62.3 Å². The third-order valence-electron chi connectivity index (χ3n) is 5.62. The number of piperidine rings is 1. The maximum absolute atomic E-state index is 13.7. The maximum Gasteiger partial charge on any atom is 0.156 e. The van der Waals surface area contributed by atoms with Gasteiger partial charge in [0, 0.05) is 6.54 Å². The zero-order valence-corrected chi connectivity index (χ0v) is 15.5. The minimum atomic E-state index is -0.155. The molecule has 2 atom stereocenters. The van der Waals surface area contributed by atoms with Crippen LogP contribution >= 0.6 is 0 Å². The van der Waals surface area contributed by atoms with Crippen molar-refractivity contribution in [2.75, 3.05) is 13.1 Å². The predicted molar refractivity (Wildman–Crippen MR) is 104 cm³/mol. The fourth-order valence-electron chi connectivity index (χ4n) is 4.23. The normalized spacial score (nSPS) is 23.8. The number of hydrogen-bond donors (Lipinski definition) is 0. The van der Waals surface area contributed by atoms with Crippen LogP contribution < -0.4 is 0 Å². The SMILES string of the molecule is Fc1cccc(C2CCCN(C(CC3=CC=CCC3)C3=COC=CO3)C2)c1. The summed E-state index contributed by atoms with van der Waals surface area (Å²) in [5.74, 6) is 1.04. The molecule has 1 aromatic carbocycles. The van der Waals surface area contributed by atoms with Crippen molar-refractivity contribution in [2.45, 2.75) is 44.1 Å². The van der Waals surface area contributed by atoms with Gasteiger partial charge in [0.1, 0.15) is 24.6 Å². The lowest BCUT2D eigenvalue weighted by Crippen LogP contribution is -2.43. The van der Waals surface area contributed by atoms with E-state index in [2.05, 4.69) is 23.1 Å². The van der Waals surface area contributed by atoms with Gasteiger partial charge >= 0.3 is 0 Å². The van der Waals surface area contributed by atoms with Crippen LogP contribution in [0.25, 0.3) is 0 Å². The van der Waals surface area contributed by atoms with E-state index in [9.17, 15) is 4.39 Å². The standard InChI is InChI=1S/C23H26FNO2/c24-21-10-4-8-19(15-21)20-9-5-11-25(16-20)22(23-17-26-12-13-27-23)14-18-6-2-1-3-7-18/h1-2,4,6,8,10,12-13,15,17,20,22H,3,5,7,9,11,14,16H2. The van der Waals surface area contributed by atoms with E-state index >= 15 is 0 Å². The quantitative estimate of drug-likeness (QED) is 0.695. The molecule has 1 aromatic rings. The van der Waals surface area contributed by atoms with Crippen LogP contribution in [0.3, 0.4) is 0 Å². The van der Waals surface area contributed by atoms with Crippen LogP contribution in [0.5, 0.6) is 0 Å². The Balaban J connectivity index is 1.54. The van der Waals surface area contributed by atoms with Crippen molar-refractivity contribution < 1.29 is 13.9 Å². The first-order valence-electron chi connectivity index (χ1n) is 9.81. The Bertz CT molecular complexity index is 780. The Kier molecular flexibility index (Phi) is 5.73. The topological polar surface area (TPSA) is 21.7 Å². The van der Waals surface area contributed by atoms with Crippen LogP contribution in [0, 0.1) is 5.82 Å². The molecule has 2 heterocycles. The summed E-state index contributed by atoms with van der Waals surface area (Å²) in [5.41, 5.74) is 2.53. The highest BCUT2D eigenvalue weighted by atomic mass is 19.1. The maximum atomic E-state index is 13.7. The van der Waals surface area contributed by atoms with Gasteiger partial charge < -0.3 is 9.47 Å². The summed E-state index contributed by atoms with van der Waals surface area (Å²) in [6.45, 7) is 1.92. The van der Waals surface area contributed by atoms with Crippen molar-refractivity contribution in [3.63, 3.8) is 0 Å². The molecule has 0 aromatic heterocycles. The van der Waals surface area contributed by atoms with Crippen LogP contribution in [0.4, 0.5) is 4.39 Å². The van der Waals surface area contributed by atoms with Gasteiger partial charge in [-0.15, -0.1) is 0 Å². The molecule has 1 aliphatic carbocycles. The van der Waals surface area contributed by atoms with Crippen LogP contribution in [-0.2, 0) is 9.47 Å². The monoisotopic (exact) mass is 367 g/mol. The Hall–Kier alpha value is -2.33. The molecule has 0 bridgehead atoms. The fraction of sp³-hybridized carbons (Fsp3) is 0.391. The minimum Gasteiger partial charge on any atom is -0.466 e. The Morgan fingerprint density at radius 2 is 2.22 bits per heavy atom. The van der Waals surface area contributed by atoms with Gasteiger partial charge in [-0.3, -0.25) is 4.90 Å². The summed E-state index contributed by atoms with van der Waals surface area (Å²) in [6.07, 6.45) is 16.8. The second-order valence-corrected chi connectivity index (χ2v) is 7.45. The molecule has 0 N–H and O–H groups in total. The largest absolute Gasteiger partial charge is 0.466 e. The van der Waals surface area contributed by atoms with E-state index in [1.807, 2.05) is 12.1 Å². The molecular formula is C23H26FNO2. The Labute approximate surface area is 160 Å². The van der Waals surface area contributed by atoms with Crippen molar-refractivity contribution in [3.05, 3.63) is 84.0 Å². The molecule has 2 aliphatic heterocycles. The molecule has 4 heteroatoms. The number of rotatable bonds is 5. The van der Waals surface area contributed by atoms with Crippen molar-refractivity contribution in [3.8, 4) is 0 Å². The Morgan fingerprint density at radius 3 is 3.00 bits per heavy atom. The molecule has 0 spiro atoms. The summed E-state index contributed by atoms with van der Waals surface area (Å²) >= 11 is 0. The molecule has 1 fully saturated rings. The molecule has 0 amide bonds. The van der Waals surface area contributed by atoms with Gasteiger partial charge in [0.25, 0.3) is 0 Å². The van der Waals surface area contributed by atoms with Gasteiger partial charge in [0.15, 0.2) is 5.76 Å². The van der Waals surface area contributed by atoms with E-state index in [0.29, 0.717) is 5.92 Å². The molecule has 0 radical (unpaired) electrons.